The second-order valence-corrected chi connectivity index (χ2v) is 6.44. The minimum absolute atomic E-state index is 0.108. The van der Waals surface area contributed by atoms with E-state index in [4.69, 9.17) is 0 Å². The van der Waals surface area contributed by atoms with Gasteiger partial charge in [-0.15, -0.1) is 0 Å². The number of alkyl halides is 2. The fraction of sp³-hybridized carbons (Fsp3) is 0.438. The van der Waals surface area contributed by atoms with Gasteiger partial charge in [0.1, 0.15) is 5.82 Å². The van der Waals surface area contributed by atoms with Crippen molar-refractivity contribution < 1.29 is 0 Å². The summed E-state index contributed by atoms with van der Waals surface area (Å²) < 4.78 is 2.10. The highest BCUT2D eigenvalue weighted by atomic mass is 79.9. The summed E-state index contributed by atoms with van der Waals surface area (Å²) in [5.41, 5.74) is 2.88. The number of benzene rings is 1. The quantitative estimate of drug-likeness (QED) is 0.658. The van der Waals surface area contributed by atoms with Gasteiger partial charge in [0.2, 0.25) is 0 Å². The highest BCUT2D eigenvalue weighted by molar-refractivity contribution is 9.09. The van der Waals surface area contributed by atoms with Gasteiger partial charge >= 0.3 is 0 Å². The molecule has 0 aliphatic heterocycles. The van der Waals surface area contributed by atoms with Gasteiger partial charge in [-0.3, -0.25) is 0 Å². The van der Waals surface area contributed by atoms with Crippen molar-refractivity contribution in [3.63, 3.8) is 0 Å². The Hall–Kier alpha value is -0.610. The molecule has 0 aliphatic carbocycles. The third kappa shape index (κ3) is 3.17. The average Bonchev–Trinajstić information content (AvgIpc) is 2.87. The molecule has 0 saturated heterocycles. The smallest absolute Gasteiger partial charge is 0.108 e. The van der Waals surface area contributed by atoms with Crippen LogP contribution in [-0.2, 0) is 18.9 Å². The zero-order valence-electron chi connectivity index (χ0n) is 11.9. The van der Waals surface area contributed by atoms with E-state index in [9.17, 15) is 0 Å². The van der Waals surface area contributed by atoms with E-state index in [1.807, 2.05) is 12.4 Å². The predicted octanol–water partition coefficient (Wildman–Crippen LogP) is 4.39. The molecule has 0 bridgehead atoms. The monoisotopic (exact) mass is 398 g/mol. The lowest BCUT2D eigenvalue weighted by atomic mass is 9.78. The maximum absolute atomic E-state index is 4.44. The molecule has 0 radical (unpaired) electrons. The molecule has 2 nitrogen and oxygen atoms in total. The SMILES string of the molecule is Cc1ccccc1C(CBr)(CBr)CCc1nccn1C. The molecule has 0 spiro atoms. The van der Waals surface area contributed by atoms with E-state index in [1.165, 1.54) is 11.1 Å². The summed E-state index contributed by atoms with van der Waals surface area (Å²) in [5.74, 6) is 1.14. The number of rotatable bonds is 6. The van der Waals surface area contributed by atoms with Crippen molar-refractivity contribution >= 4 is 31.9 Å². The first-order valence-electron chi connectivity index (χ1n) is 6.77. The maximum atomic E-state index is 4.44. The molecule has 108 valence electrons. The van der Waals surface area contributed by atoms with Gasteiger partial charge in [-0.2, -0.15) is 0 Å². The second kappa shape index (κ2) is 6.90. The molecule has 20 heavy (non-hydrogen) atoms. The van der Waals surface area contributed by atoms with Gasteiger partial charge in [-0.1, -0.05) is 56.1 Å². The van der Waals surface area contributed by atoms with Crippen molar-refractivity contribution in [2.75, 3.05) is 10.7 Å². The van der Waals surface area contributed by atoms with Crippen LogP contribution in [0.5, 0.6) is 0 Å². The Bertz CT molecular complexity index is 559. The lowest BCUT2D eigenvalue weighted by molar-refractivity contribution is 0.491. The standard InChI is InChI=1S/C16H20Br2N2/c1-13-5-3-4-6-14(13)16(11-17,12-18)8-7-15-19-9-10-20(15)2/h3-6,9-10H,7-8,11-12H2,1-2H3. The lowest BCUT2D eigenvalue weighted by Gasteiger charge is -2.32. The van der Waals surface area contributed by atoms with E-state index in [0.29, 0.717) is 0 Å². The van der Waals surface area contributed by atoms with Crippen LogP contribution in [0.4, 0.5) is 0 Å². The molecule has 0 amide bonds. The van der Waals surface area contributed by atoms with Gasteiger partial charge in [0.05, 0.1) is 0 Å². The van der Waals surface area contributed by atoms with E-state index < -0.39 is 0 Å². The van der Waals surface area contributed by atoms with Crippen LogP contribution >= 0.6 is 31.9 Å². The number of aryl methyl sites for hydroxylation is 3. The van der Waals surface area contributed by atoms with E-state index in [2.05, 4.69) is 79.6 Å². The molecule has 2 rings (SSSR count). The summed E-state index contributed by atoms with van der Waals surface area (Å²) in [4.78, 5) is 4.44. The normalized spacial score (nSPS) is 11.8. The van der Waals surface area contributed by atoms with E-state index in [-0.39, 0.29) is 5.41 Å². The predicted molar refractivity (Wildman–Crippen MR) is 92.0 cm³/mol. The number of imidazole rings is 1. The summed E-state index contributed by atoms with van der Waals surface area (Å²) >= 11 is 7.46. The van der Waals surface area contributed by atoms with Crippen LogP contribution in [0.1, 0.15) is 23.4 Å². The molecule has 0 aliphatic rings. The van der Waals surface area contributed by atoms with Crippen molar-refractivity contribution in [3.05, 3.63) is 53.6 Å². The Kier molecular flexibility index (Phi) is 5.44. The zero-order chi connectivity index (χ0) is 14.6. The van der Waals surface area contributed by atoms with Crippen LogP contribution in [-0.4, -0.2) is 20.2 Å². The molecule has 1 aromatic heterocycles. The molecule has 0 unspecified atom stereocenters. The number of nitrogens with zero attached hydrogens (tertiary/aromatic N) is 2. The molecule has 4 heteroatoms. The van der Waals surface area contributed by atoms with Crippen molar-refractivity contribution in [2.24, 2.45) is 7.05 Å². The molecule has 0 saturated carbocycles. The van der Waals surface area contributed by atoms with Gasteiger partial charge in [0.25, 0.3) is 0 Å². The Morgan fingerprint density at radius 1 is 1.20 bits per heavy atom. The van der Waals surface area contributed by atoms with Crippen molar-refractivity contribution in [3.8, 4) is 0 Å². The third-order valence-electron chi connectivity index (χ3n) is 3.98. The molecule has 0 atom stereocenters. The first kappa shape index (κ1) is 15.8. The van der Waals surface area contributed by atoms with Crippen LogP contribution in [0.2, 0.25) is 0 Å². The van der Waals surface area contributed by atoms with Gasteiger partial charge < -0.3 is 4.57 Å². The van der Waals surface area contributed by atoms with Crippen LogP contribution in [0.25, 0.3) is 0 Å². The number of hydrogen-bond acceptors (Lipinski definition) is 1. The first-order chi connectivity index (χ1) is 9.63. The molecule has 0 fully saturated rings. The Morgan fingerprint density at radius 3 is 2.45 bits per heavy atom. The van der Waals surface area contributed by atoms with E-state index in [0.717, 1.165) is 29.3 Å². The minimum Gasteiger partial charge on any atom is -0.338 e. The molecular formula is C16H20Br2N2. The van der Waals surface area contributed by atoms with Crippen LogP contribution in [0, 0.1) is 6.92 Å². The van der Waals surface area contributed by atoms with Crippen molar-refractivity contribution in [1.82, 2.24) is 9.55 Å². The van der Waals surface area contributed by atoms with Gasteiger partial charge in [-0.25, -0.2) is 4.98 Å². The molecule has 1 aromatic carbocycles. The topological polar surface area (TPSA) is 17.8 Å². The van der Waals surface area contributed by atoms with Crippen LogP contribution in [0.3, 0.4) is 0 Å². The number of halogens is 2. The minimum atomic E-state index is 0.108. The maximum Gasteiger partial charge on any atom is 0.108 e. The van der Waals surface area contributed by atoms with E-state index in [1.54, 1.807) is 0 Å². The number of hydrogen-bond donors (Lipinski definition) is 0. The van der Waals surface area contributed by atoms with Crippen molar-refractivity contribution in [1.29, 1.82) is 0 Å². The van der Waals surface area contributed by atoms with Gasteiger partial charge in [-0.05, 0) is 24.5 Å². The summed E-state index contributed by atoms with van der Waals surface area (Å²) in [6, 6.07) is 8.67. The molecule has 1 heterocycles. The molecular weight excluding hydrogens is 380 g/mol. The summed E-state index contributed by atoms with van der Waals surface area (Å²) in [6.07, 6.45) is 5.92. The number of aromatic nitrogens is 2. The highest BCUT2D eigenvalue weighted by Crippen LogP contribution is 2.35. The van der Waals surface area contributed by atoms with Crippen LogP contribution < -0.4 is 0 Å². The van der Waals surface area contributed by atoms with Crippen LogP contribution in [0.15, 0.2) is 36.7 Å². The average molecular weight is 400 g/mol. The Balaban J connectivity index is 2.26. The fourth-order valence-electron chi connectivity index (χ4n) is 2.60. The largest absolute Gasteiger partial charge is 0.338 e. The highest BCUT2D eigenvalue weighted by Gasteiger charge is 2.31. The zero-order valence-corrected chi connectivity index (χ0v) is 15.1. The summed E-state index contributed by atoms with van der Waals surface area (Å²) in [6.45, 7) is 2.19. The Morgan fingerprint density at radius 2 is 1.90 bits per heavy atom. The van der Waals surface area contributed by atoms with E-state index >= 15 is 0 Å². The Labute approximate surface area is 137 Å². The van der Waals surface area contributed by atoms with Crippen molar-refractivity contribution in [2.45, 2.75) is 25.2 Å². The van der Waals surface area contributed by atoms with Gasteiger partial charge in [0.15, 0.2) is 0 Å². The fourth-order valence-corrected chi connectivity index (χ4v) is 4.70. The van der Waals surface area contributed by atoms with Gasteiger partial charge in [0, 0.05) is 41.9 Å². The lowest BCUT2D eigenvalue weighted by Crippen LogP contribution is -2.32. The molecule has 0 N–H and O–H groups in total. The third-order valence-corrected chi connectivity index (χ3v) is 6.12. The first-order valence-corrected chi connectivity index (χ1v) is 9.01. The second-order valence-electron chi connectivity index (χ2n) is 5.32. The summed E-state index contributed by atoms with van der Waals surface area (Å²) in [5, 5.41) is 1.89. The molecule has 2 aromatic rings. The summed E-state index contributed by atoms with van der Waals surface area (Å²) in [7, 11) is 2.06.